The van der Waals surface area contributed by atoms with Crippen molar-refractivity contribution in [2.45, 2.75) is 26.7 Å². The van der Waals surface area contributed by atoms with Crippen molar-refractivity contribution in [2.75, 3.05) is 6.54 Å². The summed E-state index contributed by atoms with van der Waals surface area (Å²) in [6.45, 7) is 8.53. The summed E-state index contributed by atoms with van der Waals surface area (Å²) in [6.07, 6.45) is 3.71. The molecule has 0 aliphatic carbocycles. The summed E-state index contributed by atoms with van der Waals surface area (Å²) in [5.74, 6) is 0.391. The van der Waals surface area contributed by atoms with Gasteiger partial charge in [-0.1, -0.05) is 50.3 Å². The van der Waals surface area contributed by atoms with Crippen LogP contribution in [0.25, 0.3) is 0 Å². The molecule has 0 aliphatic rings. The van der Waals surface area contributed by atoms with Gasteiger partial charge in [0.2, 0.25) is 5.91 Å². The fourth-order valence-electron chi connectivity index (χ4n) is 2.05. The van der Waals surface area contributed by atoms with Crippen molar-refractivity contribution >= 4 is 5.91 Å². The van der Waals surface area contributed by atoms with Gasteiger partial charge in [0.05, 0.1) is 0 Å². The Morgan fingerprint density at radius 2 is 2.06 bits per heavy atom. The molecule has 0 aromatic heterocycles. The average molecular weight is 245 g/mol. The topological polar surface area (TPSA) is 29.1 Å². The molecule has 0 aliphatic heterocycles. The van der Waals surface area contributed by atoms with E-state index < -0.39 is 0 Å². The Kier molecular flexibility index (Phi) is 6.20. The van der Waals surface area contributed by atoms with Gasteiger partial charge in [-0.05, 0) is 24.3 Å². The zero-order valence-corrected chi connectivity index (χ0v) is 11.4. The number of carbonyl (C=O) groups excluding carboxylic acids is 1. The quantitative estimate of drug-likeness (QED) is 0.734. The lowest BCUT2D eigenvalue weighted by Gasteiger charge is -2.18. The highest BCUT2D eigenvalue weighted by Crippen LogP contribution is 2.16. The van der Waals surface area contributed by atoms with Crippen LogP contribution in [0.15, 0.2) is 43.0 Å². The van der Waals surface area contributed by atoms with Gasteiger partial charge < -0.3 is 5.32 Å². The number of nitrogens with one attached hydrogen (secondary N) is 1. The van der Waals surface area contributed by atoms with Crippen LogP contribution in [0.1, 0.15) is 25.8 Å². The molecule has 0 saturated carbocycles. The van der Waals surface area contributed by atoms with Gasteiger partial charge in [-0.15, -0.1) is 6.58 Å². The summed E-state index contributed by atoms with van der Waals surface area (Å²) in [6, 6.07) is 10.2. The molecule has 1 N–H and O–H groups in total. The molecule has 98 valence electrons. The van der Waals surface area contributed by atoms with Gasteiger partial charge in [0.1, 0.15) is 0 Å². The lowest BCUT2D eigenvalue weighted by Crippen LogP contribution is -2.34. The average Bonchev–Trinajstić information content (AvgIpc) is 2.41. The molecule has 1 aromatic carbocycles. The van der Waals surface area contributed by atoms with Crippen molar-refractivity contribution < 1.29 is 4.79 Å². The van der Waals surface area contributed by atoms with Crippen molar-refractivity contribution in [3.8, 4) is 0 Å². The predicted molar refractivity (Wildman–Crippen MR) is 76.3 cm³/mol. The van der Waals surface area contributed by atoms with Crippen LogP contribution in [0.4, 0.5) is 0 Å². The van der Waals surface area contributed by atoms with E-state index in [2.05, 4.69) is 31.0 Å². The highest BCUT2D eigenvalue weighted by molar-refractivity contribution is 5.78. The van der Waals surface area contributed by atoms with E-state index in [4.69, 9.17) is 0 Å². The van der Waals surface area contributed by atoms with Crippen LogP contribution in [-0.4, -0.2) is 12.5 Å². The smallest absolute Gasteiger partial charge is 0.223 e. The molecule has 2 atom stereocenters. The first-order chi connectivity index (χ1) is 8.69. The summed E-state index contributed by atoms with van der Waals surface area (Å²) < 4.78 is 0. The summed E-state index contributed by atoms with van der Waals surface area (Å²) in [5, 5.41) is 2.99. The van der Waals surface area contributed by atoms with Gasteiger partial charge in [-0.3, -0.25) is 4.79 Å². The first-order valence-electron chi connectivity index (χ1n) is 6.63. The standard InChI is InChI=1S/C16H23NO/c1-4-15(5-2)13(3)16(18)17-12-11-14-9-7-6-8-10-14/h4,6-10,13,15H,1,5,11-12H2,2-3H3,(H,17,18)/t13-,15-/m1/s1. The third-order valence-electron chi connectivity index (χ3n) is 3.39. The minimum Gasteiger partial charge on any atom is -0.356 e. The van der Waals surface area contributed by atoms with Gasteiger partial charge in [0, 0.05) is 12.5 Å². The summed E-state index contributed by atoms with van der Waals surface area (Å²) in [4.78, 5) is 11.9. The SMILES string of the molecule is C=C[C@H](CC)[C@@H](C)C(=O)NCCc1ccccc1. The zero-order valence-electron chi connectivity index (χ0n) is 11.4. The molecule has 2 nitrogen and oxygen atoms in total. The van der Waals surface area contributed by atoms with Gasteiger partial charge in [0.25, 0.3) is 0 Å². The van der Waals surface area contributed by atoms with Crippen LogP contribution >= 0.6 is 0 Å². The second kappa shape index (κ2) is 7.70. The van der Waals surface area contributed by atoms with Gasteiger partial charge in [-0.25, -0.2) is 0 Å². The van der Waals surface area contributed by atoms with Crippen LogP contribution in [-0.2, 0) is 11.2 Å². The molecule has 1 rings (SSSR count). The minimum absolute atomic E-state index is 0.00303. The number of amides is 1. The Labute approximate surface area is 110 Å². The molecule has 0 bridgehead atoms. The number of allylic oxidation sites excluding steroid dienone is 1. The normalized spacial score (nSPS) is 13.7. The fraction of sp³-hybridized carbons (Fsp3) is 0.438. The molecule has 0 heterocycles. The van der Waals surface area contributed by atoms with Crippen molar-refractivity contribution in [1.29, 1.82) is 0 Å². The number of benzene rings is 1. The third-order valence-corrected chi connectivity index (χ3v) is 3.39. The lowest BCUT2D eigenvalue weighted by atomic mass is 9.91. The molecule has 0 fully saturated rings. The largest absolute Gasteiger partial charge is 0.356 e. The highest BCUT2D eigenvalue weighted by atomic mass is 16.1. The van der Waals surface area contributed by atoms with Gasteiger partial charge >= 0.3 is 0 Å². The van der Waals surface area contributed by atoms with E-state index >= 15 is 0 Å². The van der Waals surface area contributed by atoms with Crippen LogP contribution in [0.5, 0.6) is 0 Å². The molecule has 0 unspecified atom stereocenters. The Hall–Kier alpha value is -1.57. The Morgan fingerprint density at radius 1 is 1.39 bits per heavy atom. The third kappa shape index (κ3) is 4.36. The van der Waals surface area contributed by atoms with Crippen molar-refractivity contribution in [1.82, 2.24) is 5.32 Å². The highest BCUT2D eigenvalue weighted by Gasteiger charge is 2.19. The molecular formula is C16H23NO. The molecule has 1 aromatic rings. The maximum Gasteiger partial charge on any atom is 0.223 e. The summed E-state index contributed by atoms with van der Waals surface area (Å²) in [5.41, 5.74) is 1.25. The predicted octanol–water partition coefficient (Wildman–Crippen LogP) is 3.19. The molecule has 18 heavy (non-hydrogen) atoms. The molecular weight excluding hydrogens is 222 g/mol. The van der Waals surface area contributed by atoms with Crippen molar-refractivity contribution in [2.24, 2.45) is 11.8 Å². The second-order valence-corrected chi connectivity index (χ2v) is 4.62. The van der Waals surface area contributed by atoms with Crippen LogP contribution in [0, 0.1) is 11.8 Å². The van der Waals surface area contributed by atoms with Crippen LogP contribution < -0.4 is 5.32 Å². The van der Waals surface area contributed by atoms with E-state index in [1.165, 1.54) is 5.56 Å². The van der Waals surface area contributed by atoms with E-state index in [1.807, 2.05) is 31.2 Å². The molecule has 1 amide bonds. The van der Waals surface area contributed by atoms with E-state index in [0.717, 1.165) is 12.8 Å². The number of hydrogen-bond donors (Lipinski definition) is 1. The van der Waals surface area contributed by atoms with Gasteiger partial charge in [0.15, 0.2) is 0 Å². The lowest BCUT2D eigenvalue weighted by molar-refractivity contribution is -0.125. The Balaban J connectivity index is 2.35. The zero-order chi connectivity index (χ0) is 13.4. The Bertz CT molecular complexity index is 372. The Morgan fingerprint density at radius 3 is 2.61 bits per heavy atom. The minimum atomic E-state index is 0.00303. The van der Waals surface area contributed by atoms with E-state index in [9.17, 15) is 4.79 Å². The summed E-state index contributed by atoms with van der Waals surface area (Å²) in [7, 11) is 0. The van der Waals surface area contributed by atoms with Gasteiger partial charge in [-0.2, -0.15) is 0 Å². The van der Waals surface area contributed by atoms with E-state index in [-0.39, 0.29) is 17.7 Å². The molecule has 0 spiro atoms. The monoisotopic (exact) mass is 245 g/mol. The molecule has 0 saturated heterocycles. The molecule has 2 heteroatoms. The van der Waals surface area contributed by atoms with Crippen molar-refractivity contribution in [3.05, 3.63) is 48.6 Å². The number of carbonyl (C=O) groups is 1. The first kappa shape index (κ1) is 14.5. The molecule has 0 radical (unpaired) electrons. The summed E-state index contributed by atoms with van der Waals surface area (Å²) >= 11 is 0. The fourth-order valence-corrected chi connectivity index (χ4v) is 2.05. The van der Waals surface area contributed by atoms with Crippen LogP contribution in [0.2, 0.25) is 0 Å². The first-order valence-corrected chi connectivity index (χ1v) is 6.63. The number of hydrogen-bond acceptors (Lipinski definition) is 1. The number of rotatable bonds is 7. The maximum atomic E-state index is 11.9. The second-order valence-electron chi connectivity index (χ2n) is 4.62. The van der Waals surface area contributed by atoms with Crippen LogP contribution in [0.3, 0.4) is 0 Å². The van der Waals surface area contributed by atoms with Crippen molar-refractivity contribution in [3.63, 3.8) is 0 Å². The van der Waals surface area contributed by atoms with E-state index in [1.54, 1.807) is 0 Å². The van der Waals surface area contributed by atoms with E-state index in [0.29, 0.717) is 6.54 Å². The maximum absolute atomic E-state index is 11.9.